The molecule has 0 heterocycles. The highest BCUT2D eigenvalue weighted by molar-refractivity contribution is 5.88. The Bertz CT molecular complexity index is 1210. The predicted octanol–water partition coefficient (Wildman–Crippen LogP) is 6.46. The number of benzene rings is 3. The molecule has 5 heteroatoms. The van der Waals surface area contributed by atoms with Gasteiger partial charge in [-0.25, -0.2) is 0 Å². The normalized spacial score (nSPS) is 20.0. The molecule has 0 saturated heterocycles. The van der Waals surface area contributed by atoms with Crippen LogP contribution in [0.5, 0.6) is 5.75 Å². The Hall–Kier alpha value is -3.18. The minimum atomic E-state index is -0.389. The van der Waals surface area contributed by atoms with E-state index >= 15 is 0 Å². The van der Waals surface area contributed by atoms with Crippen LogP contribution in [-0.4, -0.2) is 30.5 Å². The van der Waals surface area contributed by atoms with Gasteiger partial charge in [-0.1, -0.05) is 18.2 Å². The molecule has 6 rings (SSSR count). The molecule has 3 aliphatic carbocycles. The second-order valence-corrected chi connectivity index (χ2v) is 9.66. The summed E-state index contributed by atoms with van der Waals surface area (Å²) in [5.41, 5.74) is 5.64. The van der Waals surface area contributed by atoms with E-state index in [0.717, 1.165) is 29.2 Å². The van der Waals surface area contributed by atoms with Gasteiger partial charge in [-0.2, -0.15) is 0 Å². The number of hydrogen-bond donors (Lipinski definition) is 0. The van der Waals surface area contributed by atoms with Crippen LogP contribution in [0.25, 0.3) is 16.3 Å². The number of ether oxygens (including phenoxy) is 1. The average molecular weight is 443 g/mol. The number of rotatable bonds is 7. The number of likely N-dealkylation sites (N-methyl/N-ethyl adjacent to an activating group) is 1. The van der Waals surface area contributed by atoms with Crippen molar-refractivity contribution in [1.29, 1.82) is 0 Å². The lowest BCUT2D eigenvalue weighted by molar-refractivity contribution is -0.384. The Morgan fingerprint density at radius 3 is 2.27 bits per heavy atom. The second kappa shape index (κ2) is 8.99. The summed E-state index contributed by atoms with van der Waals surface area (Å²) in [7, 11) is 4.34. The lowest BCUT2D eigenvalue weighted by Gasteiger charge is -2.41. The van der Waals surface area contributed by atoms with E-state index in [2.05, 4.69) is 49.3 Å². The zero-order valence-electron chi connectivity index (χ0n) is 19.3. The molecule has 5 nitrogen and oxygen atoms in total. The van der Waals surface area contributed by atoms with E-state index in [4.69, 9.17) is 4.74 Å². The number of hydrogen-bond acceptors (Lipinski definition) is 4. The molecular formula is C28H30N2O3. The van der Waals surface area contributed by atoms with E-state index in [9.17, 15) is 10.1 Å². The smallest absolute Gasteiger partial charge is 0.269 e. The number of allylic oxidation sites excluding steroid dienone is 1. The molecule has 0 aromatic heterocycles. The first-order valence-corrected chi connectivity index (χ1v) is 11.8. The van der Waals surface area contributed by atoms with Gasteiger partial charge in [-0.05, 0) is 115 Å². The molecular weight excluding hydrogens is 412 g/mol. The summed E-state index contributed by atoms with van der Waals surface area (Å²) in [5.74, 6) is 2.25. The fourth-order valence-corrected chi connectivity index (χ4v) is 5.55. The monoisotopic (exact) mass is 442 g/mol. The van der Waals surface area contributed by atoms with Gasteiger partial charge in [0.25, 0.3) is 5.69 Å². The molecule has 1 fully saturated rings. The summed E-state index contributed by atoms with van der Waals surface area (Å²) in [6.07, 6.45) is 5.34. The highest BCUT2D eigenvalue weighted by atomic mass is 16.6. The molecule has 3 aromatic carbocycles. The summed E-state index contributed by atoms with van der Waals surface area (Å²) in [6, 6.07) is 19.6. The van der Waals surface area contributed by atoms with Crippen LogP contribution < -0.4 is 4.74 Å². The number of nitro groups is 1. The van der Waals surface area contributed by atoms with Crippen molar-refractivity contribution in [2.45, 2.75) is 32.3 Å². The van der Waals surface area contributed by atoms with Crippen molar-refractivity contribution < 1.29 is 9.66 Å². The maximum absolute atomic E-state index is 10.8. The van der Waals surface area contributed by atoms with Crippen LogP contribution in [0.15, 0.2) is 66.2 Å². The Morgan fingerprint density at radius 1 is 0.909 bits per heavy atom. The maximum atomic E-state index is 10.8. The molecule has 3 aromatic rings. The molecule has 0 atom stereocenters. The summed E-state index contributed by atoms with van der Waals surface area (Å²) < 4.78 is 5.96. The van der Waals surface area contributed by atoms with Gasteiger partial charge in [0.1, 0.15) is 12.4 Å². The van der Waals surface area contributed by atoms with Gasteiger partial charge >= 0.3 is 0 Å². The fourth-order valence-electron chi connectivity index (χ4n) is 5.55. The third kappa shape index (κ3) is 4.51. The van der Waals surface area contributed by atoms with Gasteiger partial charge in [0.05, 0.1) is 4.92 Å². The quantitative estimate of drug-likeness (QED) is 0.311. The molecule has 3 aliphatic rings. The van der Waals surface area contributed by atoms with E-state index in [-0.39, 0.29) is 10.6 Å². The molecule has 1 saturated carbocycles. The Labute approximate surface area is 194 Å². The van der Waals surface area contributed by atoms with Crippen molar-refractivity contribution in [3.8, 4) is 5.75 Å². The van der Waals surface area contributed by atoms with Crippen LogP contribution in [0.1, 0.15) is 36.8 Å². The largest absolute Gasteiger partial charge is 0.489 e. The van der Waals surface area contributed by atoms with E-state index in [0.29, 0.717) is 12.5 Å². The van der Waals surface area contributed by atoms with Gasteiger partial charge in [0.2, 0.25) is 0 Å². The molecule has 33 heavy (non-hydrogen) atoms. The molecule has 170 valence electrons. The highest BCUT2D eigenvalue weighted by Gasteiger charge is 2.35. The number of non-ortho nitro benzene ring substituents is 1. The third-order valence-corrected chi connectivity index (χ3v) is 7.14. The van der Waals surface area contributed by atoms with Crippen LogP contribution in [0.3, 0.4) is 0 Å². The van der Waals surface area contributed by atoms with Crippen LogP contribution in [0.4, 0.5) is 5.69 Å². The summed E-state index contributed by atoms with van der Waals surface area (Å²) >= 11 is 0. The van der Waals surface area contributed by atoms with Crippen molar-refractivity contribution in [2.24, 2.45) is 11.8 Å². The number of nitro benzene ring substituents is 1. The first-order chi connectivity index (χ1) is 16.0. The average Bonchev–Trinajstić information content (AvgIpc) is 2.83. The van der Waals surface area contributed by atoms with Crippen LogP contribution >= 0.6 is 0 Å². The van der Waals surface area contributed by atoms with Gasteiger partial charge in [-0.15, -0.1) is 0 Å². The molecule has 0 spiro atoms. The Kier molecular flexibility index (Phi) is 5.90. The first kappa shape index (κ1) is 21.7. The van der Waals surface area contributed by atoms with E-state index in [1.807, 2.05) is 6.07 Å². The lowest BCUT2D eigenvalue weighted by atomic mass is 9.65. The lowest BCUT2D eigenvalue weighted by Crippen LogP contribution is -2.31. The number of fused-ring (bicyclic) bond motifs is 3. The fraction of sp³-hybridized carbons (Fsp3) is 0.357. The van der Waals surface area contributed by atoms with E-state index in [1.165, 1.54) is 48.8 Å². The minimum absolute atomic E-state index is 0.0929. The minimum Gasteiger partial charge on any atom is -0.489 e. The summed E-state index contributed by atoms with van der Waals surface area (Å²) in [6.45, 7) is 1.44. The van der Waals surface area contributed by atoms with Crippen molar-refractivity contribution >= 4 is 22.0 Å². The molecule has 2 bridgehead atoms. The summed E-state index contributed by atoms with van der Waals surface area (Å²) in [5, 5.41) is 13.2. The topological polar surface area (TPSA) is 55.6 Å². The molecule has 0 N–H and O–H groups in total. The SMILES string of the molecule is CN(C)CC1=C(c2ccc3cc(OCc4ccc([N+](=O)[O-])cc4)ccc3c2)C2CCC1CC2. The van der Waals surface area contributed by atoms with Crippen LogP contribution in [0, 0.1) is 22.0 Å². The third-order valence-electron chi connectivity index (χ3n) is 7.14. The van der Waals surface area contributed by atoms with Crippen LogP contribution in [-0.2, 0) is 6.61 Å². The Balaban J connectivity index is 1.37. The molecule has 0 unspecified atom stereocenters. The van der Waals surface area contributed by atoms with E-state index < -0.39 is 0 Å². The zero-order chi connectivity index (χ0) is 22.9. The second-order valence-electron chi connectivity index (χ2n) is 9.66. The van der Waals surface area contributed by atoms with E-state index in [1.54, 1.807) is 23.3 Å². The number of nitrogens with zero attached hydrogens (tertiary/aromatic N) is 2. The summed E-state index contributed by atoms with van der Waals surface area (Å²) in [4.78, 5) is 12.7. The maximum Gasteiger partial charge on any atom is 0.269 e. The predicted molar refractivity (Wildman–Crippen MR) is 132 cm³/mol. The van der Waals surface area contributed by atoms with Crippen molar-refractivity contribution in [3.05, 3.63) is 87.5 Å². The molecule has 0 aliphatic heterocycles. The van der Waals surface area contributed by atoms with Crippen molar-refractivity contribution in [2.75, 3.05) is 20.6 Å². The highest BCUT2D eigenvalue weighted by Crippen LogP contribution is 2.49. The molecule has 0 radical (unpaired) electrons. The Morgan fingerprint density at radius 2 is 1.58 bits per heavy atom. The standard InChI is InChI=1S/C28H30N2O3/c1-29(2)17-27-20-5-7-21(8-6-20)28(27)24-10-9-23-16-26(14-11-22(23)15-24)33-18-19-3-12-25(13-4-19)30(31)32/h3-4,9-16,20-21H,5-8,17-18H2,1-2H3. The van der Waals surface area contributed by atoms with Crippen molar-refractivity contribution in [1.82, 2.24) is 4.90 Å². The zero-order valence-corrected chi connectivity index (χ0v) is 19.3. The molecule has 0 amide bonds. The van der Waals surface area contributed by atoms with Crippen molar-refractivity contribution in [3.63, 3.8) is 0 Å². The van der Waals surface area contributed by atoms with Gasteiger partial charge < -0.3 is 9.64 Å². The van der Waals surface area contributed by atoms with Gasteiger partial charge in [-0.3, -0.25) is 10.1 Å². The van der Waals surface area contributed by atoms with Crippen LogP contribution in [0.2, 0.25) is 0 Å². The first-order valence-electron chi connectivity index (χ1n) is 11.8. The van der Waals surface area contributed by atoms with Gasteiger partial charge in [0, 0.05) is 18.7 Å². The van der Waals surface area contributed by atoms with Gasteiger partial charge in [0.15, 0.2) is 0 Å².